The van der Waals surface area contributed by atoms with Gasteiger partial charge in [0.2, 0.25) is 11.6 Å². The molecule has 5 rings (SSSR count). The van der Waals surface area contributed by atoms with Crippen molar-refractivity contribution < 1.29 is 18.9 Å². The Labute approximate surface area is 149 Å². The lowest BCUT2D eigenvalue weighted by molar-refractivity contribution is -0.170. The normalized spacial score (nSPS) is 44.2. The largest absolute Gasteiger partial charge is 0.462 e. The summed E-state index contributed by atoms with van der Waals surface area (Å²) in [6.07, 6.45) is 2.06. The van der Waals surface area contributed by atoms with Crippen LogP contribution in [-0.4, -0.2) is 24.8 Å². The summed E-state index contributed by atoms with van der Waals surface area (Å²) < 4.78 is 24.8. The average Bonchev–Trinajstić information content (AvgIpc) is 3.01. The van der Waals surface area contributed by atoms with Gasteiger partial charge in [-0.3, -0.25) is 0 Å². The molecule has 25 heavy (non-hydrogen) atoms. The predicted octanol–water partition coefficient (Wildman–Crippen LogP) is 3.86. The van der Waals surface area contributed by atoms with Crippen molar-refractivity contribution in [3.8, 4) is 11.5 Å². The second-order valence-electron chi connectivity index (χ2n) is 8.89. The summed E-state index contributed by atoms with van der Waals surface area (Å²) in [4.78, 5) is 0. The van der Waals surface area contributed by atoms with Gasteiger partial charge in [-0.05, 0) is 48.3 Å². The highest BCUT2D eigenvalue weighted by Gasteiger charge is 2.53. The maximum atomic E-state index is 6.38. The molecule has 4 heterocycles. The third-order valence-corrected chi connectivity index (χ3v) is 7.22. The van der Waals surface area contributed by atoms with Crippen LogP contribution in [-0.2, 0) is 22.3 Å². The topological polar surface area (TPSA) is 36.9 Å². The molecule has 136 valence electrons. The van der Waals surface area contributed by atoms with Gasteiger partial charge in [0.05, 0.1) is 13.2 Å². The molecular weight excluding hydrogens is 316 g/mol. The fourth-order valence-corrected chi connectivity index (χ4v) is 5.47. The summed E-state index contributed by atoms with van der Waals surface area (Å²) in [5, 5.41) is 0. The maximum absolute atomic E-state index is 6.38. The van der Waals surface area contributed by atoms with Crippen molar-refractivity contribution in [2.24, 2.45) is 23.7 Å². The zero-order chi connectivity index (χ0) is 17.6. The van der Waals surface area contributed by atoms with E-state index in [9.17, 15) is 0 Å². The van der Waals surface area contributed by atoms with Crippen LogP contribution >= 0.6 is 0 Å². The minimum absolute atomic E-state index is 0.417. The highest BCUT2D eigenvalue weighted by molar-refractivity contribution is 5.55. The van der Waals surface area contributed by atoms with Gasteiger partial charge in [-0.1, -0.05) is 13.8 Å². The molecule has 0 saturated carbocycles. The highest BCUT2D eigenvalue weighted by Crippen LogP contribution is 2.52. The molecule has 0 aromatic heterocycles. The van der Waals surface area contributed by atoms with Crippen LogP contribution in [0.5, 0.6) is 11.5 Å². The Kier molecular flexibility index (Phi) is 3.14. The van der Waals surface area contributed by atoms with Crippen LogP contribution in [0, 0.1) is 30.6 Å². The van der Waals surface area contributed by atoms with Crippen LogP contribution in [0.3, 0.4) is 0 Å². The third kappa shape index (κ3) is 2.07. The molecule has 4 aliphatic heterocycles. The lowest BCUT2D eigenvalue weighted by Gasteiger charge is -2.42. The molecule has 1 aromatic carbocycles. The Balaban J connectivity index is 1.59. The van der Waals surface area contributed by atoms with E-state index in [0.717, 1.165) is 37.6 Å². The molecule has 0 aliphatic carbocycles. The van der Waals surface area contributed by atoms with Crippen LogP contribution in [0.2, 0.25) is 0 Å². The van der Waals surface area contributed by atoms with Gasteiger partial charge in [0, 0.05) is 31.7 Å². The molecule has 4 nitrogen and oxygen atoms in total. The van der Waals surface area contributed by atoms with E-state index in [0.29, 0.717) is 23.7 Å². The Morgan fingerprint density at radius 1 is 0.840 bits per heavy atom. The molecule has 2 fully saturated rings. The maximum Gasteiger partial charge on any atom is 0.211 e. The van der Waals surface area contributed by atoms with Gasteiger partial charge in [0.1, 0.15) is 11.5 Å². The molecule has 1 aromatic rings. The van der Waals surface area contributed by atoms with Gasteiger partial charge >= 0.3 is 0 Å². The van der Waals surface area contributed by atoms with Crippen LogP contribution < -0.4 is 9.47 Å². The lowest BCUT2D eigenvalue weighted by atomic mass is 9.77. The van der Waals surface area contributed by atoms with Crippen molar-refractivity contribution in [3.63, 3.8) is 0 Å². The number of benzene rings is 1. The summed E-state index contributed by atoms with van der Waals surface area (Å²) in [6.45, 7) is 12.5. The van der Waals surface area contributed by atoms with E-state index in [1.54, 1.807) is 0 Å². The summed E-state index contributed by atoms with van der Waals surface area (Å²) in [5.74, 6) is 2.72. The molecule has 4 heteroatoms. The molecule has 4 aliphatic rings. The fraction of sp³-hybridized carbons (Fsp3) is 0.714. The van der Waals surface area contributed by atoms with Crippen molar-refractivity contribution in [2.75, 3.05) is 13.2 Å². The first kappa shape index (κ1) is 16.0. The van der Waals surface area contributed by atoms with Crippen LogP contribution in [0.4, 0.5) is 0 Å². The number of ether oxygens (including phenoxy) is 4. The van der Waals surface area contributed by atoms with E-state index in [1.807, 2.05) is 0 Å². The van der Waals surface area contributed by atoms with Gasteiger partial charge in [-0.25, -0.2) is 0 Å². The Bertz CT molecular complexity index is 686. The Morgan fingerprint density at radius 2 is 1.28 bits per heavy atom. The molecular formula is C21H28O4. The predicted molar refractivity (Wildman–Crippen MR) is 93.9 cm³/mol. The molecule has 6 atom stereocenters. The van der Waals surface area contributed by atoms with Crippen molar-refractivity contribution in [2.45, 2.75) is 59.0 Å². The first-order chi connectivity index (χ1) is 11.8. The van der Waals surface area contributed by atoms with Crippen molar-refractivity contribution in [1.29, 1.82) is 0 Å². The van der Waals surface area contributed by atoms with Gasteiger partial charge in [-0.15, -0.1) is 0 Å². The Morgan fingerprint density at radius 3 is 1.72 bits per heavy atom. The highest BCUT2D eigenvalue weighted by atomic mass is 16.7. The number of fused-ring (bicyclic) bond motifs is 4. The number of hydrogen-bond acceptors (Lipinski definition) is 4. The van der Waals surface area contributed by atoms with Gasteiger partial charge in [0.15, 0.2) is 0 Å². The smallest absolute Gasteiger partial charge is 0.211 e. The summed E-state index contributed by atoms with van der Waals surface area (Å²) >= 11 is 0. The first-order valence-corrected chi connectivity index (χ1v) is 9.62. The van der Waals surface area contributed by atoms with E-state index < -0.39 is 11.6 Å². The quantitative estimate of drug-likeness (QED) is 0.716. The second-order valence-corrected chi connectivity index (χ2v) is 8.89. The van der Waals surface area contributed by atoms with Crippen molar-refractivity contribution in [1.82, 2.24) is 0 Å². The molecule has 0 amide bonds. The molecule has 0 unspecified atom stereocenters. The first-order valence-electron chi connectivity index (χ1n) is 9.62. The molecule has 0 bridgehead atoms. The summed E-state index contributed by atoms with van der Waals surface area (Å²) in [6, 6.07) is 2.08. The monoisotopic (exact) mass is 344 g/mol. The van der Waals surface area contributed by atoms with Crippen LogP contribution in [0.1, 0.15) is 44.4 Å². The van der Waals surface area contributed by atoms with Crippen LogP contribution in [0.25, 0.3) is 0 Å². The number of hydrogen-bond donors (Lipinski definition) is 0. The molecule has 2 saturated heterocycles. The van der Waals surface area contributed by atoms with Crippen molar-refractivity contribution >= 4 is 0 Å². The van der Waals surface area contributed by atoms with E-state index in [-0.39, 0.29) is 0 Å². The van der Waals surface area contributed by atoms with Gasteiger partial charge < -0.3 is 18.9 Å². The minimum atomic E-state index is -0.507. The SMILES string of the molecule is Cc1c2c(cc3c1C[C@H]1[C@@H](C)CO[C@@]1(C)O3)O[C@@]1(C)OC[C@H](C)[C@H]1C2. The summed E-state index contributed by atoms with van der Waals surface area (Å²) in [7, 11) is 0. The lowest BCUT2D eigenvalue weighted by Crippen LogP contribution is -2.46. The third-order valence-electron chi connectivity index (χ3n) is 7.22. The van der Waals surface area contributed by atoms with Gasteiger partial charge in [-0.2, -0.15) is 0 Å². The standard InChI is InChI=1S/C21H28O4/c1-11-9-22-20(4)16(11)6-14-13(3)15-7-17-12(2)10-23-21(17,5)25-19(15)8-18(14)24-20/h8,11-12,16-17H,6-7,9-10H2,1-5H3/t11-,12-,16-,17+,20-,21+/m0/s1. The summed E-state index contributed by atoms with van der Waals surface area (Å²) in [5.41, 5.74) is 4.03. The second kappa shape index (κ2) is 4.92. The van der Waals surface area contributed by atoms with E-state index in [2.05, 4.69) is 40.7 Å². The minimum Gasteiger partial charge on any atom is -0.462 e. The molecule has 0 radical (unpaired) electrons. The molecule has 0 spiro atoms. The van der Waals surface area contributed by atoms with Gasteiger partial charge in [0.25, 0.3) is 0 Å². The van der Waals surface area contributed by atoms with Crippen molar-refractivity contribution in [3.05, 3.63) is 22.8 Å². The van der Waals surface area contributed by atoms with E-state index in [1.165, 1.54) is 16.7 Å². The Hall–Kier alpha value is -1.26. The van der Waals surface area contributed by atoms with Crippen LogP contribution in [0.15, 0.2) is 6.07 Å². The average molecular weight is 344 g/mol. The van der Waals surface area contributed by atoms with E-state index in [4.69, 9.17) is 18.9 Å². The number of rotatable bonds is 0. The van der Waals surface area contributed by atoms with E-state index >= 15 is 0 Å². The zero-order valence-corrected chi connectivity index (χ0v) is 15.8. The molecule has 0 N–H and O–H groups in total. The zero-order valence-electron chi connectivity index (χ0n) is 15.8. The fourth-order valence-electron chi connectivity index (χ4n) is 5.47.